The first kappa shape index (κ1) is 15.2. The summed E-state index contributed by atoms with van der Waals surface area (Å²) in [6.07, 6.45) is 8.06. The fraction of sp³-hybridized carbons (Fsp3) is 0.412. The van der Waals surface area contributed by atoms with Crippen molar-refractivity contribution in [2.45, 2.75) is 12.5 Å². The van der Waals surface area contributed by atoms with E-state index in [9.17, 15) is 4.79 Å². The molecule has 1 unspecified atom stereocenters. The molecule has 0 N–H and O–H groups in total. The van der Waals surface area contributed by atoms with Gasteiger partial charge >= 0.3 is 6.03 Å². The molecule has 134 valence electrons. The van der Waals surface area contributed by atoms with E-state index < -0.39 is 0 Å². The fourth-order valence-corrected chi connectivity index (χ4v) is 3.70. The summed E-state index contributed by atoms with van der Waals surface area (Å²) >= 11 is 0. The lowest BCUT2D eigenvalue weighted by Gasteiger charge is -2.17. The highest BCUT2D eigenvalue weighted by Gasteiger charge is 2.30. The molecule has 1 atom stereocenters. The molecule has 0 bridgehead atoms. The standard InChI is InChI=1S/C17H19N7O2/c1-21-5-6-23(17(21)25)14-9-19-24(11-14)13-2-4-22(10-13)16-15-12(3-7-26-15)8-18-20-16/h3,7-9,11,13H,2,4-6,10H2,1H3. The lowest BCUT2D eigenvalue weighted by Crippen LogP contribution is -2.28. The summed E-state index contributed by atoms with van der Waals surface area (Å²) in [6, 6.07) is 2.15. The number of hydrogen-bond acceptors (Lipinski definition) is 6. The number of amides is 2. The molecule has 9 nitrogen and oxygen atoms in total. The van der Waals surface area contributed by atoms with E-state index in [1.54, 1.807) is 28.5 Å². The Morgan fingerprint density at radius 2 is 2.15 bits per heavy atom. The van der Waals surface area contributed by atoms with Crippen molar-refractivity contribution < 1.29 is 9.21 Å². The van der Waals surface area contributed by atoms with Gasteiger partial charge in [-0.25, -0.2) is 4.79 Å². The smallest absolute Gasteiger partial charge is 0.324 e. The van der Waals surface area contributed by atoms with Crippen molar-refractivity contribution in [3.05, 3.63) is 30.9 Å². The minimum atomic E-state index is 0.0253. The van der Waals surface area contributed by atoms with Gasteiger partial charge in [0.25, 0.3) is 0 Å². The van der Waals surface area contributed by atoms with E-state index in [2.05, 4.69) is 20.2 Å². The summed E-state index contributed by atoms with van der Waals surface area (Å²) < 4.78 is 7.54. The Labute approximate surface area is 149 Å². The molecule has 0 aromatic carbocycles. The molecule has 2 fully saturated rings. The van der Waals surface area contributed by atoms with E-state index in [0.717, 1.165) is 48.5 Å². The topological polar surface area (TPSA) is 83.5 Å². The molecular formula is C17H19N7O2. The third-order valence-electron chi connectivity index (χ3n) is 5.20. The van der Waals surface area contributed by atoms with Gasteiger partial charge in [0.2, 0.25) is 0 Å². The van der Waals surface area contributed by atoms with Crippen molar-refractivity contribution >= 4 is 28.5 Å². The van der Waals surface area contributed by atoms with Crippen LogP contribution in [-0.4, -0.2) is 64.1 Å². The first-order chi connectivity index (χ1) is 12.7. The normalized spacial score (nSPS) is 20.7. The zero-order valence-electron chi connectivity index (χ0n) is 14.4. The van der Waals surface area contributed by atoms with Crippen LogP contribution in [0, 0.1) is 0 Å². The minimum Gasteiger partial charge on any atom is -0.460 e. The Hall–Kier alpha value is -3.10. The van der Waals surface area contributed by atoms with E-state index in [0.29, 0.717) is 6.54 Å². The van der Waals surface area contributed by atoms with Gasteiger partial charge in [-0.15, -0.1) is 5.10 Å². The van der Waals surface area contributed by atoms with Gasteiger partial charge in [0.15, 0.2) is 11.4 Å². The number of furan rings is 1. The predicted molar refractivity (Wildman–Crippen MR) is 95.3 cm³/mol. The molecular weight excluding hydrogens is 334 g/mol. The van der Waals surface area contributed by atoms with Gasteiger partial charge in [0.1, 0.15) is 0 Å². The van der Waals surface area contributed by atoms with Crippen molar-refractivity contribution in [2.24, 2.45) is 0 Å². The van der Waals surface area contributed by atoms with Gasteiger partial charge in [0.05, 0.1) is 30.4 Å². The molecule has 5 rings (SSSR count). The fourth-order valence-electron chi connectivity index (χ4n) is 3.70. The lowest BCUT2D eigenvalue weighted by atomic mass is 10.3. The number of fused-ring (bicyclic) bond motifs is 1. The SMILES string of the molecule is CN1CCN(c2cnn(C3CCN(c4nncc5ccoc45)C3)c2)C1=O. The van der Waals surface area contributed by atoms with Gasteiger partial charge < -0.3 is 14.2 Å². The lowest BCUT2D eigenvalue weighted by molar-refractivity contribution is 0.229. The molecule has 3 aromatic rings. The number of aromatic nitrogens is 4. The van der Waals surface area contributed by atoms with Crippen LogP contribution in [0.15, 0.2) is 35.3 Å². The molecule has 0 spiro atoms. The number of carbonyl (C=O) groups is 1. The molecule has 26 heavy (non-hydrogen) atoms. The van der Waals surface area contributed by atoms with E-state index >= 15 is 0 Å². The second kappa shape index (κ2) is 5.72. The Kier molecular flexibility index (Phi) is 3.34. The average molecular weight is 353 g/mol. The quantitative estimate of drug-likeness (QED) is 0.713. The monoisotopic (exact) mass is 353 g/mol. The van der Waals surface area contributed by atoms with Crippen molar-refractivity contribution in [2.75, 3.05) is 43.0 Å². The Morgan fingerprint density at radius 1 is 1.23 bits per heavy atom. The summed E-state index contributed by atoms with van der Waals surface area (Å²) in [7, 11) is 1.82. The number of urea groups is 1. The van der Waals surface area contributed by atoms with Crippen molar-refractivity contribution in [1.29, 1.82) is 0 Å². The summed E-state index contributed by atoms with van der Waals surface area (Å²) in [4.78, 5) is 17.8. The maximum absolute atomic E-state index is 12.2. The highest BCUT2D eigenvalue weighted by Crippen LogP contribution is 2.31. The maximum Gasteiger partial charge on any atom is 0.324 e. The number of rotatable bonds is 3. The summed E-state index contributed by atoms with van der Waals surface area (Å²) in [5.74, 6) is 0.777. The number of likely N-dealkylation sites (N-methyl/N-ethyl adjacent to an activating group) is 1. The molecule has 2 saturated heterocycles. The van der Waals surface area contributed by atoms with Crippen LogP contribution in [0.1, 0.15) is 12.5 Å². The van der Waals surface area contributed by atoms with Crippen LogP contribution in [0.5, 0.6) is 0 Å². The summed E-state index contributed by atoms with van der Waals surface area (Å²) in [5, 5.41) is 13.8. The molecule has 2 amide bonds. The number of carbonyl (C=O) groups excluding carboxylic acids is 1. The van der Waals surface area contributed by atoms with Crippen molar-refractivity contribution in [3.8, 4) is 0 Å². The minimum absolute atomic E-state index is 0.0253. The van der Waals surface area contributed by atoms with Crippen molar-refractivity contribution in [3.63, 3.8) is 0 Å². The molecule has 3 aromatic heterocycles. The Bertz CT molecular complexity index is 965. The van der Waals surface area contributed by atoms with Gasteiger partial charge in [-0.2, -0.15) is 10.2 Å². The molecule has 9 heteroatoms. The van der Waals surface area contributed by atoms with Crippen LogP contribution in [0.4, 0.5) is 16.3 Å². The van der Waals surface area contributed by atoms with Crippen LogP contribution < -0.4 is 9.80 Å². The molecule has 0 aliphatic carbocycles. The third kappa shape index (κ3) is 2.31. The Balaban J connectivity index is 1.35. The Morgan fingerprint density at radius 3 is 3.00 bits per heavy atom. The molecule has 2 aliphatic heterocycles. The largest absolute Gasteiger partial charge is 0.460 e. The highest BCUT2D eigenvalue weighted by molar-refractivity contribution is 5.93. The van der Waals surface area contributed by atoms with Crippen molar-refractivity contribution in [1.82, 2.24) is 24.9 Å². The summed E-state index contributed by atoms with van der Waals surface area (Å²) in [5.41, 5.74) is 1.62. The van der Waals surface area contributed by atoms with Gasteiger partial charge in [0, 0.05) is 44.8 Å². The summed E-state index contributed by atoms with van der Waals surface area (Å²) in [6.45, 7) is 3.09. The van der Waals surface area contributed by atoms with Gasteiger partial charge in [-0.1, -0.05) is 0 Å². The third-order valence-corrected chi connectivity index (χ3v) is 5.20. The maximum atomic E-state index is 12.2. The second-order valence-electron chi connectivity index (χ2n) is 6.80. The molecule has 2 aliphatic rings. The van der Waals surface area contributed by atoms with E-state index in [1.165, 1.54) is 0 Å². The zero-order valence-corrected chi connectivity index (χ0v) is 14.4. The number of anilines is 2. The van der Waals surface area contributed by atoms with Crippen LogP contribution >= 0.6 is 0 Å². The molecule has 5 heterocycles. The van der Waals surface area contributed by atoms with Crippen LogP contribution in [0.3, 0.4) is 0 Å². The second-order valence-corrected chi connectivity index (χ2v) is 6.80. The van der Waals surface area contributed by atoms with Crippen LogP contribution in [-0.2, 0) is 0 Å². The van der Waals surface area contributed by atoms with E-state index in [1.807, 2.05) is 24.0 Å². The van der Waals surface area contributed by atoms with Gasteiger partial charge in [-0.3, -0.25) is 9.58 Å². The first-order valence-electron chi connectivity index (χ1n) is 8.71. The van der Waals surface area contributed by atoms with Crippen LogP contribution in [0.25, 0.3) is 11.0 Å². The van der Waals surface area contributed by atoms with E-state index in [-0.39, 0.29) is 12.1 Å². The number of nitrogens with zero attached hydrogens (tertiary/aromatic N) is 7. The van der Waals surface area contributed by atoms with E-state index in [4.69, 9.17) is 4.42 Å². The molecule has 0 saturated carbocycles. The molecule has 0 radical (unpaired) electrons. The first-order valence-corrected chi connectivity index (χ1v) is 8.71. The van der Waals surface area contributed by atoms with Gasteiger partial charge in [-0.05, 0) is 12.5 Å². The number of hydrogen-bond donors (Lipinski definition) is 0. The highest BCUT2D eigenvalue weighted by atomic mass is 16.3. The zero-order chi connectivity index (χ0) is 17.7. The predicted octanol–water partition coefficient (Wildman–Crippen LogP) is 1.74. The average Bonchev–Trinajstić information content (AvgIpc) is 3.42. The van der Waals surface area contributed by atoms with Crippen LogP contribution in [0.2, 0.25) is 0 Å².